The van der Waals surface area contributed by atoms with Crippen LogP contribution in [0.5, 0.6) is 0 Å². The Balaban J connectivity index is 1.58. The van der Waals surface area contributed by atoms with E-state index in [1.807, 2.05) is 0 Å². The lowest BCUT2D eigenvalue weighted by molar-refractivity contribution is 0.181. The summed E-state index contributed by atoms with van der Waals surface area (Å²) in [5.74, 6) is 0.825. The second-order valence-corrected chi connectivity index (χ2v) is 7.54. The summed E-state index contributed by atoms with van der Waals surface area (Å²) < 4.78 is 1.18. The Morgan fingerprint density at radius 1 is 1.10 bits per heavy atom. The average Bonchev–Trinajstić information content (AvgIpc) is 2.54. The zero-order valence-corrected chi connectivity index (χ0v) is 14.4. The molecule has 1 aromatic rings. The van der Waals surface area contributed by atoms with Crippen LogP contribution in [0.4, 0.5) is 0 Å². The molecule has 3 atom stereocenters. The van der Waals surface area contributed by atoms with Crippen molar-refractivity contribution in [2.45, 2.75) is 63.6 Å². The summed E-state index contributed by atoms with van der Waals surface area (Å²) in [7, 11) is 0. The molecule has 2 fully saturated rings. The molecule has 1 aliphatic heterocycles. The first kappa shape index (κ1) is 15.5. The van der Waals surface area contributed by atoms with Crippen molar-refractivity contribution in [3.05, 3.63) is 34.3 Å². The van der Waals surface area contributed by atoms with Crippen LogP contribution in [-0.4, -0.2) is 18.6 Å². The Morgan fingerprint density at radius 2 is 1.95 bits per heavy atom. The molecular weight excluding hydrogens is 324 g/mol. The topological polar surface area (TPSA) is 24.1 Å². The van der Waals surface area contributed by atoms with Crippen molar-refractivity contribution in [3.8, 4) is 0 Å². The third-order valence-electron chi connectivity index (χ3n) is 5.14. The number of hydrogen-bond donors (Lipinski definition) is 2. The highest BCUT2D eigenvalue weighted by atomic mass is 79.9. The SMILES string of the molecule is Brc1cccc(CNC2CCCCC2C2CCCCN2)c1. The molecule has 1 saturated carbocycles. The van der Waals surface area contributed by atoms with Crippen molar-refractivity contribution in [2.24, 2.45) is 5.92 Å². The molecule has 3 heteroatoms. The Hall–Kier alpha value is -0.380. The molecule has 2 aliphatic rings. The van der Waals surface area contributed by atoms with Crippen molar-refractivity contribution in [1.82, 2.24) is 10.6 Å². The normalized spacial score (nSPS) is 30.2. The van der Waals surface area contributed by atoms with Gasteiger partial charge >= 0.3 is 0 Å². The minimum Gasteiger partial charge on any atom is -0.314 e. The molecular formula is C18H27BrN2. The fourth-order valence-corrected chi connectivity index (χ4v) is 4.48. The van der Waals surface area contributed by atoms with E-state index in [0.29, 0.717) is 6.04 Å². The lowest BCUT2D eigenvalue weighted by Crippen LogP contribution is -2.50. The van der Waals surface area contributed by atoms with Gasteiger partial charge in [-0.2, -0.15) is 0 Å². The number of nitrogens with one attached hydrogen (secondary N) is 2. The molecule has 0 radical (unpaired) electrons. The third-order valence-corrected chi connectivity index (χ3v) is 5.64. The van der Waals surface area contributed by atoms with E-state index >= 15 is 0 Å². The van der Waals surface area contributed by atoms with Gasteiger partial charge in [0.15, 0.2) is 0 Å². The summed E-state index contributed by atoms with van der Waals surface area (Å²) in [4.78, 5) is 0. The standard InChI is InChI=1S/C18H27BrN2/c19-15-7-5-6-14(12-15)13-21-18-9-2-1-8-16(18)17-10-3-4-11-20-17/h5-7,12,16-18,20-21H,1-4,8-11,13H2. The highest BCUT2D eigenvalue weighted by Gasteiger charge is 2.31. The summed E-state index contributed by atoms with van der Waals surface area (Å²) in [6.45, 7) is 2.22. The van der Waals surface area contributed by atoms with Gasteiger partial charge in [-0.15, -0.1) is 0 Å². The third kappa shape index (κ3) is 4.30. The fraction of sp³-hybridized carbons (Fsp3) is 0.667. The van der Waals surface area contributed by atoms with Crippen LogP contribution in [0.2, 0.25) is 0 Å². The predicted molar refractivity (Wildman–Crippen MR) is 92.4 cm³/mol. The van der Waals surface area contributed by atoms with Crippen LogP contribution in [0.25, 0.3) is 0 Å². The van der Waals surface area contributed by atoms with Crippen LogP contribution in [0.15, 0.2) is 28.7 Å². The Bertz CT molecular complexity index is 443. The minimum absolute atomic E-state index is 0.688. The summed E-state index contributed by atoms with van der Waals surface area (Å²) in [5, 5.41) is 7.63. The van der Waals surface area contributed by atoms with Gasteiger partial charge in [-0.05, 0) is 55.8 Å². The quantitative estimate of drug-likeness (QED) is 0.848. The predicted octanol–water partition coefficient (Wildman–Crippen LogP) is 4.24. The van der Waals surface area contributed by atoms with E-state index in [4.69, 9.17) is 0 Å². The largest absolute Gasteiger partial charge is 0.314 e. The van der Waals surface area contributed by atoms with Crippen molar-refractivity contribution in [2.75, 3.05) is 6.54 Å². The van der Waals surface area contributed by atoms with Crippen molar-refractivity contribution < 1.29 is 0 Å². The van der Waals surface area contributed by atoms with Gasteiger partial charge in [-0.3, -0.25) is 0 Å². The maximum absolute atomic E-state index is 3.85. The van der Waals surface area contributed by atoms with E-state index < -0.39 is 0 Å². The number of piperidine rings is 1. The van der Waals surface area contributed by atoms with Gasteiger partial charge in [0.2, 0.25) is 0 Å². The molecule has 116 valence electrons. The first-order valence-corrected chi connectivity index (χ1v) is 9.33. The van der Waals surface area contributed by atoms with E-state index in [2.05, 4.69) is 50.8 Å². The van der Waals surface area contributed by atoms with Gasteiger partial charge in [-0.25, -0.2) is 0 Å². The van der Waals surface area contributed by atoms with E-state index in [1.165, 1.54) is 61.5 Å². The Kier molecular flexibility index (Phi) is 5.73. The van der Waals surface area contributed by atoms with Crippen LogP contribution in [0, 0.1) is 5.92 Å². The number of halogens is 1. The van der Waals surface area contributed by atoms with Crippen molar-refractivity contribution in [3.63, 3.8) is 0 Å². The monoisotopic (exact) mass is 350 g/mol. The smallest absolute Gasteiger partial charge is 0.0208 e. The fourth-order valence-electron chi connectivity index (χ4n) is 4.03. The zero-order valence-electron chi connectivity index (χ0n) is 12.8. The van der Waals surface area contributed by atoms with E-state index in [-0.39, 0.29) is 0 Å². The van der Waals surface area contributed by atoms with Crippen molar-refractivity contribution in [1.29, 1.82) is 0 Å². The summed E-state index contributed by atoms with van der Waals surface area (Å²) in [6, 6.07) is 10.1. The van der Waals surface area contributed by atoms with Crippen molar-refractivity contribution >= 4 is 15.9 Å². The molecule has 2 nitrogen and oxygen atoms in total. The number of rotatable bonds is 4. The molecule has 21 heavy (non-hydrogen) atoms. The zero-order chi connectivity index (χ0) is 14.5. The lowest BCUT2D eigenvalue weighted by atomic mass is 9.77. The minimum atomic E-state index is 0.688. The lowest BCUT2D eigenvalue weighted by Gasteiger charge is -2.40. The highest BCUT2D eigenvalue weighted by Crippen LogP contribution is 2.30. The molecule has 1 aromatic carbocycles. The van der Waals surface area contributed by atoms with Gasteiger partial charge in [0.1, 0.15) is 0 Å². The maximum atomic E-state index is 3.85. The number of benzene rings is 1. The molecule has 0 aromatic heterocycles. The second kappa shape index (κ2) is 7.75. The molecule has 3 rings (SSSR count). The molecule has 1 saturated heterocycles. The molecule has 0 amide bonds. The Morgan fingerprint density at radius 3 is 2.76 bits per heavy atom. The summed E-state index contributed by atoms with van der Waals surface area (Å²) in [5.41, 5.74) is 1.38. The van der Waals surface area contributed by atoms with Gasteiger partial charge in [0.05, 0.1) is 0 Å². The van der Waals surface area contributed by atoms with Crippen LogP contribution >= 0.6 is 15.9 Å². The average molecular weight is 351 g/mol. The number of hydrogen-bond acceptors (Lipinski definition) is 2. The summed E-state index contributed by atoms with van der Waals surface area (Å²) >= 11 is 3.56. The molecule has 1 heterocycles. The molecule has 0 bridgehead atoms. The van der Waals surface area contributed by atoms with Crippen LogP contribution < -0.4 is 10.6 Å². The molecule has 3 unspecified atom stereocenters. The van der Waals surface area contributed by atoms with Gasteiger partial charge < -0.3 is 10.6 Å². The Labute approximate surface area is 137 Å². The maximum Gasteiger partial charge on any atom is 0.0208 e. The first-order chi connectivity index (χ1) is 10.3. The summed E-state index contributed by atoms with van der Waals surface area (Å²) in [6.07, 6.45) is 9.69. The van der Waals surface area contributed by atoms with E-state index in [0.717, 1.165) is 18.5 Å². The highest BCUT2D eigenvalue weighted by molar-refractivity contribution is 9.10. The van der Waals surface area contributed by atoms with Crippen LogP contribution in [0.1, 0.15) is 50.5 Å². The molecule has 0 spiro atoms. The van der Waals surface area contributed by atoms with Gasteiger partial charge in [0.25, 0.3) is 0 Å². The van der Waals surface area contributed by atoms with Gasteiger partial charge in [-0.1, -0.05) is 47.3 Å². The van der Waals surface area contributed by atoms with E-state index in [1.54, 1.807) is 0 Å². The molecule has 1 aliphatic carbocycles. The first-order valence-electron chi connectivity index (χ1n) is 8.54. The van der Waals surface area contributed by atoms with E-state index in [9.17, 15) is 0 Å². The van der Waals surface area contributed by atoms with Crippen LogP contribution in [0.3, 0.4) is 0 Å². The second-order valence-electron chi connectivity index (χ2n) is 6.62. The van der Waals surface area contributed by atoms with Gasteiger partial charge in [0, 0.05) is 23.1 Å². The molecule has 2 N–H and O–H groups in total. The van der Waals surface area contributed by atoms with Crippen LogP contribution in [-0.2, 0) is 6.54 Å².